The average Bonchev–Trinajstić information content (AvgIpc) is 3.40. The van der Waals surface area contributed by atoms with Gasteiger partial charge in [-0.2, -0.15) is 0 Å². The molecule has 1 N–H and O–H groups in total. The lowest BCUT2D eigenvalue weighted by molar-refractivity contribution is -0.136. The molecule has 0 aliphatic carbocycles. The van der Waals surface area contributed by atoms with Crippen LogP contribution in [0.15, 0.2) is 36.4 Å². The van der Waals surface area contributed by atoms with Crippen LogP contribution in [0.2, 0.25) is 0 Å². The molecule has 0 radical (unpaired) electrons. The van der Waals surface area contributed by atoms with Gasteiger partial charge in [0.05, 0.1) is 12.6 Å². The number of hydrogen-bond acceptors (Lipinski definition) is 4. The van der Waals surface area contributed by atoms with Gasteiger partial charge in [-0.1, -0.05) is 32.1 Å². The second kappa shape index (κ2) is 9.63. The molecule has 0 spiro atoms. The third-order valence-corrected chi connectivity index (χ3v) is 6.94. The molecule has 178 valence electrons. The van der Waals surface area contributed by atoms with E-state index in [1.165, 1.54) is 17.0 Å². The second-order valence-corrected chi connectivity index (χ2v) is 9.60. The Morgan fingerprint density at radius 1 is 1.21 bits per heavy atom. The number of ether oxygens (including phenoxy) is 1. The molecule has 3 aliphatic rings. The second-order valence-electron chi connectivity index (χ2n) is 9.60. The van der Waals surface area contributed by atoms with Gasteiger partial charge < -0.3 is 15.0 Å². The van der Waals surface area contributed by atoms with Gasteiger partial charge in [-0.3, -0.25) is 14.5 Å². The highest BCUT2D eigenvalue weighted by molar-refractivity contribution is 6.07. The van der Waals surface area contributed by atoms with Crippen molar-refractivity contribution in [2.24, 2.45) is 11.8 Å². The Morgan fingerprint density at radius 2 is 1.91 bits per heavy atom. The van der Waals surface area contributed by atoms with Crippen molar-refractivity contribution in [3.05, 3.63) is 47.8 Å². The predicted molar refractivity (Wildman–Crippen MR) is 121 cm³/mol. The normalized spacial score (nSPS) is 26.6. The van der Waals surface area contributed by atoms with Crippen LogP contribution >= 0.6 is 0 Å². The molecule has 3 fully saturated rings. The Kier molecular flexibility index (Phi) is 6.83. The largest absolute Gasteiger partial charge is 0.379 e. The molecule has 1 aromatic carbocycles. The first-order chi connectivity index (χ1) is 15.8. The summed E-state index contributed by atoms with van der Waals surface area (Å²) in [6.45, 7) is 5.95. The first kappa shape index (κ1) is 23.4. The maximum Gasteiger partial charge on any atom is 0.325 e. The molecule has 1 aromatic rings. The maximum atomic E-state index is 13.8. The van der Waals surface area contributed by atoms with Crippen LogP contribution in [0.25, 0.3) is 0 Å². The van der Waals surface area contributed by atoms with E-state index >= 15 is 0 Å². The van der Waals surface area contributed by atoms with Gasteiger partial charge in [0.1, 0.15) is 11.4 Å². The number of allylic oxidation sites excluding steroid dienone is 1. The van der Waals surface area contributed by atoms with E-state index in [0.29, 0.717) is 51.5 Å². The highest BCUT2D eigenvalue weighted by atomic mass is 19.1. The molecular weight excluding hydrogens is 425 g/mol. The Morgan fingerprint density at radius 3 is 2.52 bits per heavy atom. The number of carbonyl (C=O) groups is 3. The van der Waals surface area contributed by atoms with Crippen molar-refractivity contribution >= 4 is 17.8 Å². The molecule has 4 amide bonds. The number of piperidine rings is 1. The molecular formula is C25H32FN3O4. The molecule has 4 rings (SSSR count). The van der Waals surface area contributed by atoms with Crippen LogP contribution in [-0.2, 0) is 20.7 Å². The molecule has 7 nitrogen and oxygen atoms in total. The van der Waals surface area contributed by atoms with E-state index in [1.54, 1.807) is 23.1 Å². The van der Waals surface area contributed by atoms with Crippen LogP contribution in [0.3, 0.4) is 0 Å². The predicted octanol–water partition coefficient (Wildman–Crippen LogP) is 2.90. The van der Waals surface area contributed by atoms with Crippen LogP contribution in [-0.4, -0.2) is 65.5 Å². The summed E-state index contributed by atoms with van der Waals surface area (Å²) in [6, 6.07) is 5.40. The van der Waals surface area contributed by atoms with Crippen molar-refractivity contribution in [1.82, 2.24) is 15.1 Å². The van der Waals surface area contributed by atoms with Gasteiger partial charge >= 0.3 is 6.03 Å². The third-order valence-electron chi connectivity index (χ3n) is 6.94. The zero-order valence-corrected chi connectivity index (χ0v) is 19.3. The summed E-state index contributed by atoms with van der Waals surface area (Å²) < 4.78 is 18.9. The van der Waals surface area contributed by atoms with Gasteiger partial charge in [0.2, 0.25) is 5.91 Å². The summed E-state index contributed by atoms with van der Waals surface area (Å²) in [7, 11) is 0. The van der Waals surface area contributed by atoms with E-state index in [4.69, 9.17) is 4.74 Å². The van der Waals surface area contributed by atoms with Gasteiger partial charge in [0.25, 0.3) is 5.91 Å². The number of benzene rings is 1. The summed E-state index contributed by atoms with van der Waals surface area (Å²) in [6.07, 6.45) is 5.61. The Balaban J connectivity index is 1.56. The smallest absolute Gasteiger partial charge is 0.325 e. The van der Waals surface area contributed by atoms with E-state index in [2.05, 4.69) is 5.32 Å². The first-order valence-corrected chi connectivity index (χ1v) is 11.8. The van der Waals surface area contributed by atoms with Crippen molar-refractivity contribution in [3.8, 4) is 0 Å². The lowest BCUT2D eigenvalue weighted by atomic mass is 9.73. The molecule has 2 atom stereocenters. The minimum Gasteiger partial charge on any atom is -0.379 e. The summed E-state index contributed by atoms with van der Waals surface area (Å²) in [5.41, 5.74) is -0.326. The number of hydrogen-bond donors (Lipinski definition) is 1. The lowest BCUT2D eigenvalue weighted by Gasteiger charge is -2.41. The number of urea groups is 1. The molecule has 3 aliphatic heterocycles. The van der Waals surface area contributed by atoms with E-state index < -0.39 is 11.6 Å². The molecule has 3 saturated heterocycles. The summed E-state index contributed by atoms with van der Waals surface area (Å²) in [4.78, 5) is 42.5. The number of carbonyl (C=O) groups excluding carboxylic acids is 3. The monoisotopic (exact) mass is 457 g/mol. The fraction of sp³-hybridized carbons (Fsp3) is 0.560. The molecule has 0 saturated carbocycles. The van der Waals surface area contributed by atoms with Crippen LogP contribution in [0.1, 0.15) is 38.7 Å². The zero-order valence-electron chi connectivity index (χ0n) is 19.3. The molecule has 33 heavy (non-hydrogen) atoms. The first-order valence-electron chi connectivity index (χ1n) is 11.8. The van der Waals surface area contributed by atoms with Crippen molar-refractivity contribution in [3.63, 3.8) is 0 Å². The number of rotatable bonds is 6. The third kappa shape index (κ3) is 4.81. The minimum atomic E-state index is -1.11. The fourth-order valence-electron chi connectivity index (χ4n) is 5.11. The zero-order chi connectivity index (χ0) is 23.6. The van der Waals surface area contributed by atoms with Crippen LogP contribution in [0.4, 0.5) is 9.18 Å². The van der Waals surface area contributed by atoms with E-state index in [-0.39, 0.29) is 36.0 Å². The lowest BCUT2D eigenvalue weighted by Crippen LogP contribution is -2.58. The van der Waals surface area contributed by atoms with Crippen molar-refractivity contribution in [2.75, 3.05) is 26.3 Å². The Labute approximate surface area is 193 Å². The molecule has 3 heterocycles. The summed E-state index contributed by atoms with van der Waals surface area (Å²) in [5, 5.41) is 3.03. The summed E-state index contributed by atoms with van der Waals surface area (Å²) >= 11 is 0. The Bertz CT molecular complexity index is 918. The number of halogens is 1. The molecule has 2 unspecified atom stereocenters. The van der Waals surface area contributed by atoms with E-state index in [9.17, 15) is 18.8 Å². The van der Waals surface area contributed by atoms with E-state index in [1.807, 2.05) is 19.9 Å². The highest BCUT2D eigenvalue weighted by Crippen LogP contribution is 2.38. The number of likely N-dealkylation sites (tertiary alicyclic amines) is 1. The van der Waals surface area contributed by atoms with Crippen molar-refractivity contribution < 1.29 is 23.5 Å². The standard InChI is InChI=1S/C25H32FN3O4/c1-17(2)3-8-22(30)28-12-9-19(10-13-28)25(15-18-4-6-20(26)7-5-18)23(31)29(24(32)27-25)21-11-14-33-16-21/h3-8,17,19,21H,9-16H2,1-2H3,(H,27,32)/b8-3+. The van der Waals surface area contributed by atoms with Crippen LogP contribution < -0.4 is 5.32 Å². The van der Waals surface area contributed by atoms with Crippen molar-refractivity contribution in [1.29, 1.82) is 0 Å². The molecule has 0 bridgehead atoms. The van der Waals surface area contributed by atoms with Gasteiger partial charge in [-0.05, 0) is 54.9 Å². The number of imide groups is 1. The van der Waals surface area contributed by atoms with Gasteiger partial charge in [-0.25, -0.2) is 9.18 Å². The molecule has 0 aromatic heterocycles. The van der Waals surface area contributed by atoms with Crippen LogP contribution in [0, 0.1) is 17.7 Å². The maximum absolute atomic E-state index is 13.8. The fourth-order valence-corrected chi connectivity index (χ4v) is 5.11. The van der Waals surface area contributed by atoms with Gasteiger partial charge in [0.15, 0.2) is 0 Å². The summed E-state index contributed by atoms with van der Waals surface area (Å²) in [5.74, 6) is -0.453. The number of nitrogens with one attached hydrogen (secondary N) is 1. The quantitative estimate of drug-likeness (QED) is 0.526. The Hall–Kier alpha value is -2.74. The highest BCUT2D eigenvalue weighted by Gasteiger charge is 2.57. The number of amides is 4. The van der Waals surface area contributed by atoms with Crippen LogP contribution in [0.5, 0.6) is 0 Å². The van der Waals surface area contributed by atoms with E-state index in [0.717, 1.165) is 5.56 Å². The average molecular weight is 458 g/mol. The minimum absolute atomic E-state index is 0.0266. The number of nitrogens with zero attached hydrogens (tertiary/aromatic N) is 2. The van der Waals surface area contributed by atoms with Gasteiger partial charge in [0, 0.05) is 26.1 Å². The van der Waals surface area contributed by atoms with Gasteiger partial charge in [-0.15, -0.1) is 0 Å². The molecule has 8 heteroatoms. The van der Waals surface area contributed by atoms with Crippen molar-refractivity contribution in [2.45, 2.75) is 51.1 Å². The topological polar surface area (TPSA) is 79.0 Å². The SMILES string of the molecule is CC(C)/C=C/C(=O)N1CCC(C2(Cc3ccc(F)cc3)NC(=O)N(C3CCOC3)C2=O)CC1.